The second-order valence-electron chi connectivity index (χ2n) is 4.77. The fourth-order valence-corrected chi connectivity index (χ4v) is 1.53. The van der Waals surface area contributed by atoms with E-state index in [-0.39, 0.29) is 5.60 Å². The highest BCUT2D eigenvalue weighted by Gasteiger charge is 2.17. The Labute approximate surface area is 75.8 Å². The molecule has 0 aliphatic heterocycles. The lowest BCUT2D eigenvalue weighted by Crippen LogP contribution is -2.20. The molecule has 1 atom stereocenters. The second-order valence-corrected chi connectivity index (χ2v) is 4.77. The maximum atomic E-state index is 5.81. The lowest BCUT2D eigenvalue weighted by molar-refractivity contribution is 0.0399. The summed E-state index contributed by atoms with van der Waals surface area (Å²) in [5, 5.41) is 0. The predicted molar refractivity (Wildman–Crippen MR) is 51.9 cm³/mol. The van der Waals surface area contributed by atoms with Crippen molar-refractivity contribution in [2.45, 2.75) is 52.6 Å². The standard InChI is InChI=1S/C11H20O/c1-9-6-5-7-10(8-9)12-11(2,3)4/h7,9H,5-6,8H2,1-4H3. The zero-order chi connectivity index (χ0) is 9.19. The Morgan fingerprint density at radius 2 is 2.08 bits per heavy atom. The summed E-state index contributed by atoms with van der Waals surface area (Å²) in [6.45, 7) is 8.60. The van der Waals surface area contributed by atoms with E-state index in [1.165, 1.54) is 18.6 Å². The van der Waals surface area contributed by atoms with Gasteiger partial charge in [-0.05, 0) is 45.6 Å². The molecule has 1 heteroatoms. The van der Waals surface area contributed by atoms with Gasteiger partial charge in [0.25, 0.3) is 0 Å². The Balaban J connectivity index is 2.47. The van der Waals surface area contributed by atoms with Gasteiger partial charge in [0.1, 0.15) is 5.60 Å². The molecular weight excluding hydrogens is 148 g/mol. The van der Waals surface area contributed by atoms with E-state index in [9.17, 15) is 0 Å². The summed E-state index contributed by atoms with van der Waals surface area (Å²) in [5.41, 5.74) is -0.0249. The van der Waals surface area contributed by atoms with Gasteiger partial charge in [0, 0.05) is 6.42 Å². The summed E-state index contributed by atoms with van der Waals surface area (Å²) in [7, 11) is 0. The second kappa shape index (κ2) is 3.51. The third-order valence-electron chi connectivity index (χ3n) is 2.02. The maximum absolute atomic E-state index is 5.81. The van der Waals surface area contributed by atoms with Crippen molar-refractivity contribution in [2.24, 2.45) is 5.92 Å². The van der Waals surface area contributed by atoms with Gasteiger partial charge in [-0.15, -0.1) is 0 Å². The average Bonchev–Trinajstić information content (AvgIpc) is 1.82. The number of hydrogen-bond donors (Lipinski definition) is 0. The lowest BCUT2D eigenvalue weighted by atomic mass is 9.95. The van der Waals surface area contributed by atoms with E-state index in [1.807, 2.05) is 0 Å². The first-order valence-corrected chi connectivity index (χ1v) is 4.85. The van der Waals surface area contributed by atoms with Gasteiger partial charge >= 0.3 is 0 Å². The van der Waals surface area contributed by atoms with Crippen LogP contribution in [0.2, 0.25) is 0 Å². The highest BCUT2D eigenvalue weighted by molar-refractivity contribution is 5.00. The van der Waals surface area contributed by atoms with Crippen molar-refractivity contribution in [3.8, 4) is 0 Å². The third-order valence-corrected chi connectivity index (χ3v) is 2.02. The first-order chi connectivity index (χ1) is 5.47. The van der Waals surface area contributed by atoms with Crippen LogP contribution in [0.5, 0.6) is 0 Å². The van der Waals surface area contributed by atoms with Crippen molar-refractivity contribution in [3.05, 3.63) is 11.8 Å². The van der Waals surface area contributed by atoms with Gasteiger partial charge in [0.05, 0.1) is 5.76 Å². The molecule has 0 amide bonds. The summed E-state index contributed by atoms with van der Waals surface area (Å²) in [4.78, 5) is 0. The van der Waals surface area contributed by atoms with Crippen LogP contribution in [0, 0.1) is 5.92 Å². The Morgan fingerprint density at radius 3 is 2.58 bits per heavy atom. The van der Waals surface area contributed by atoms with Crippen LogP contribution in [-0.4, -0.2) is 5.60 Å². The van der Waals surface area contributed by atoms with E-state index in [4.69, 9.17) is 4.74 Å². The molecule has 0 fully saturated rings. The summed E-state index contributed by atoms with van der Waals surface area (Å²) in [5.74, 6) is 1.99. The predicted octanol–water partition coefficient (Wildman–Crippen LogP) is 3.51. The van der Waals surface area contributed by atoms with Crippen LogP contribution in [0.4, 0.5) is 0 Å². The van der Waals surface area contributed by atoms with Crippen molar-refractivity contribution >= 4 is 0 Å². The highest BCUT2D eigenvalue weighted by Crippen LogP contribution is 2.27. The minimum absolute atomic E-state index is 0.0249. The van der Waals surface area contributed by atoms with Crippen molar-refractivity contribution in [1.29, 1.82) is 0 Å². The summed E-state index contributed by atoms with van der Waals surface area (Å²) >= 11 is 0. The van der Waals surface area contributed by atoms with Crippen LogP contribution >= 0.6 is 0 Å². The molecule has 0 spiro atoms. The molecule has 1 unspecified atom stereocenters. The molecule has 12 heavy (non-hydrogen) atoms. The SMILES string of the molecule is CC1CCC=C(OC(C)(C)C)C1. The Hall–Kier alpha value is -0.460. The molecule has 0 radical (unpaired) electrons. The summed E-state index contributed by atoms with van der Waals surface area (Å²) in [6.07, 6.45) is 5.87. The molecule has 0 aromatic heterocycles. The van der Waals surface area contributed by atoms with Crippen molar-refractivity contribution in [2.75, 3.05) is 0 Å². The van der Waals surface area contributed by atoms with E-state index in [1.54, 1.807) is 0 Å². The normalized spacial score (nSPS) is 25.0. The first kappa shape index (κ1) is 9.63. The van der Waals surface area contributed by atoms with Gasteiger partial charge in [-0.3, -0.25) is 0 Å². The quantitative estimate of drug-likeness (QED) is 0.582. The van der Waals surface area contributed by atoms with E-state index < -0.39 is 0 Å². The van der Waals surface area contributed by atoms with E-state index in [2.05, 4.69) is 33.8 Å². The highest BCUT2D eigenvalue weighted by atomic mass is 16.5. The number of rotatable bonds is 1. The van der Waals surface area contributed by atoms with Crippen molar-refractivity contribution < 1.29 is 4.74 Å². The van der Waals surface area contributed by atoms with Gasteiger partial charge in [0.2, 0.25) is 0 Å². The third kappa shape index (κ3) is 3.29. The molecule has 0 N–H and O–H groups in total. The van der Waals surface area contributed by atoms with Crippen LogP contribution in [0.1, 0.15) is 47.0 Å². The van der Waals surface area contributed by atoms with Crippen LogP contribution in [0.15, 0.2) is 11.8 Å². The topological polar surface area (TPSA) is 9.23 Å². The van der Waals surface area contributed by atoms with Crippen molar-refractivity contribution in [3.63, 3.8) is 0 Å². The van der Waals surface area contributed by atoms with Crippen molar-refractivity contribution in [1.82, 2.24) is 0 Å². The molecule has 70 valence electrons. The smallest absolute Gasteiger partial charge is 0.100 e. The Morgan fingerprint density at radius 1 is 1.42 bits per heavy atom. The maximum Gasteiger partial charge on any atom is 0.100 e. The molecule has 0 saturated heterocycles. The monoisotopic (exact) mass is 168 g/mol. The molecule has 0 heterocycles. The van der Waals surface area contributed by atoms with Gasteiger partial charge in [-0.2, -0.15) is 0 Å². The van der Waals surface area contributed by atoms with Crippen LogP contribution < -0.4 is 0 Å². The van der Waals surface area contributed by atoms with E-state index in [0.717, 1.165) is 12.3 Å². The van der Waals surface area contributed by atoms with Gasteiger partial charge < -0.3 is 4.74 Å². The van der Waals surface area contributed by atoms with Gasteiger partial charge in [-0.1, -0.05) is 6.92 Å². The molecule has 1 aliphatic carbocycles. The van der Waals surface area contributed by atoms with Gasteiger partial charge in [0.15, 0.2) is 0 Å². The van der Waals surface area contributed by atoms with E-state index in [0.29, 0.717) is 0 Å². The zero-order valence-corrected chi connectivity index (χ0v) is 8.68. The van der Waals surface area contributed by atoms with E-state index >= 15 is 0 Å². The zero-order valence-electron chi connectivity index (χ0n) is 8.68. The van der Waals surface area contributed by atoms with Crippen LogP contribution in [0.3, 0.4) is 0 Å². The Kier molecular flexibility index (Phi) is 2.81. The molecular formula is C11H20O. The largest absolute Gasteiger partial charge is 0.493 e. The molecule has 1 rings (SSSR count). The van der Waals surface area contributed by atoms with Gasteiger partial charge in [-0.25, -0.2) is 0 Å². The average molecular weight is 168 g/mol. The molecule has 1 nitrogen and oxygen atoms in total. The summed E-state index contributed by atoms with van der Waals surface area (Å²) < 4.78 is 5.81. The number of allylic oxidation sites excluding steroid dienone is 2. The van der Waals surface area contributed by atoms with Crippen LogP contribution in [0.25, 0.3) is 0 Å². The molecule has 0 aromatic rings. The minimum Gasteiger partial charge on any atom is -0.493 e. The molecule has 0 aromatic carbocycles. The summed E-state index contributed by atoms with van der Waals surface area (Å²) in [6, 6.07) is 0. The molecule has 0 bridgehead atoms. The number of hydrogen-bond acceptors (Lipinski definition) is 1. The molecule has 0 saturated carbocycles. The van der Waals surface area contributed by atoms with Crippen LogP contribution in [-0.2, 0) is 4.74 Å². The fraction of sp³-hybridized carbons (Fsp3) is 0.818. The fourth-order valence-electron chi connectivity index (χ4n) is 1.53. The molecule has 1 aliphatic rings. The lowest BCUT2D eigenvalue weighted by Gasteiger charge is -2.27. The Bertz CT molecular complexity index is 174. The number of ether oxygens (including phenoxy) is 1. The first-order valence-electron chi connectivity index (χ1n) is 4.85. The minimum atomic E-state index is -0.0249.